The van der Waals surface area contributed by atoms with Gasteiger partial charge in [0.25, 0.3) is 0 Å². The van der Waals surface area contributed by atoms with Gasteiger partial charge in [-0.05, 0) is 48.0 Å². The highest BCUT2D eigenvalue weighted by Gasteiger charge is 2.09. The van der Waals surface area contributed by atoms with Crippen LogP contribution in [-0.2, 0) is 0 Å². The molecule has 0 amide bonds. The first-order chi connectivity index (χ1) is 12.7. The SMILES string of the molecule is Cc1cc(-c2nc3cccnc3s2)ccc1NC=C(C#N)c1nn[nH]n1. The van der Waals surface area contributed by atoms with E-state index in [2.05, 4.69) is 35.9 Å². The monoisotopic (exact) mass is 360 g/mol. The van der Waals surface area contributed by atoms with Gasteiger partial charge in [-0.25, -0.2) is 9.97 Å². The second kappa shape index (κ2) is 6.70. The summed E-state index contributed by atoms with van der Waals surface area (Å²) in [6, 6.07) is 11.9. The van der Waals surface area contributed by atoms with E-state index in [4.69, 9.17) is 0 Å². The number of aromatic nitrogens is 6. The van der Waals surface area contributed by atoms with Gasteiger partial charge in [0.05, 0.1) is 0 Å². The highest BCUT2D eigenvalue weighted by molar-refractivity contribution is 7.21. The Morgan fingerprint density at radius 1 is 1.35 bits per heavy atom. The number of allylic oxidation sites excluding steroid dienone is 1. The molecule has 9 heteroatoms. The minimum Gasteiger partial charge on any atom is -0.360 e. The van der Waals surface area contributed by atoms with Gasteiger partial charge in [-0.2, -0.15) is 10.5 Å². The number of nitrogens with one attached hydrogen (secondary N) is 2. The van der Waals surface area contributed by atoms with Gasteiger partial charge in [0.15, 0.2) is 0 Å². The minimum atomic E-state index is 0.247. The van der Waals surface area contributed by atoms with Gasteiger partial charge in [0, 0.05) is 23.6 Å². The molecule has 0 fully saturated rings. The van der Waals surface area contributed by atoms with Crippen LogP contribution in [-0.4, -0.2) is 30.6 Å². The molecule has 3 aromatic heterocycles. The van der Waals surface area contributed by atoms with Crippen LogP contribution in [0.15, 0.2) is 42.7 Å². The number of H-pyrrole nitrogens is 1. The molecule has 2 N–H and O–H groups in total. The van der Waals surface area contributed by atoms with Crippen LogP contribution in [0.5, 0.6) is 0 Å². The van der Waals surface area contributed by atoms with Gasteiger partial charge in [0.1, 0.15) is 27.0 Å². The minimum absolute atomic E-state index is 0.247. The third kappa shape index (κ3) is 3.01. The molecule has 3 heterocycles. The van der Waals surface area contributed by atoms with E-state index < -0.39 is 0 Å². The number of thiazole rings is 1. The van der Waals surface area contributed by atoms with Gasteiger partial charge in [-0.1, -0.05) is 11.3 Å². The van der Waals surface area contributed by atoms with Crippen molar-refractivity contribution >= 4 is 32.9 Å². The van der Waals surface area contributed by atoms with Crippen LogP contribution in [0.4, 0.5) is 5.69 Å². The Kier molecular flexibility index (Phi) is 4.09. The maximum Gasteiger partial charge on any atom is 0.216 e. The summed E-state index contributed by atoms with van der Waals surface area (Å²) < 4.78 is 0. The van der Waals surface area contributed by atoms with E-state index in [0.717, 1.165) is 32.2 Å². The normalized spacial score (nSPS) is 11.5. The summed E-state index contributed by atoms with van der Waals surface area (Å²) in [6.07, 6.45) is 3.33. The summed E-state index contributed by atoms with van der Waals surface area (Å²) in [4.78, 5) is 9.88. The van der Waals surface area contributed by atoms with Crippen molar-refractivity contribution in [2.24, 2.45) is 0 Å². The molecule has 4 rings (SSSR count). The van der Waals surface area contributed by atoms with Crippen molar-refractivity contribution in [2.45, 2.75) is 6.92 Å². The van der Waals surface area contributed by atoms with Gasteiger partial charge in [0.2, 0.25) is 5.82 Å². The molecule has 0 unspecified atom stereocenters. The molecule has 0 atom stereocenters. The highest BCUT2D eigenvalue weighted by Crippen LogP contribution is 2.31. The first-order valence-electron chi connectivity index (χ1n) is 7.68. The third-order valence-corrected chi connectivity index (χ3v) is 4.75. The molecule has 1 aromatic carbocycles. The molecule has 126 valence electrons. The molecular formula is C17H12N8S. The van der Waals surface area contributed by atoms with Crippen molar-refractivity contribution in [3.63, 3.8) is 0 Å². The smallest absolute Gasteiger partial charge is 0.216 e. The number of hydrogen-bond donors (Lipinski definition) is 2. The Morgan fingerprint density at radius 2 is 2.27 bits per heavy atom. The molecule has 0 radical (unpaired) electrons. The number of aromatic amines is 1. The van der Waals surface area contributed by atoms with E-state index in [1.165, 1.54) is 0 Å². The Labute approximate surface area is 152 Å². The van der Waals surface area contributed by atoms with E-state index in [9.17, 15) is 5.26 Å². The molecular weight excluding hydrogens is 348 g/mol. The lowest BCUT2D eigenvalue weighted by Crippen LogP contribution is -1.95. The van der Waals surface area contributed by atoms with Gasteiger partial charge < -0.3 is 5.32 Å². The number of hydrogen-bond acceptors (Lipinski definition) is 8. The number of pyridine rings is 1. The van der Waals surface area contributed by atoms with Crippen molar-refractivity contribution in [3.05, 3.63) is 54.1 Å². The first kappa shape index (κ1) is 15.9. The maximum atomic E-state index is 9.21. The van der Waals surface area contributed by atoms with Crippen molar-refractivity contribution in [3.8, 4) is 16.6 Å². The Hall–Kier alpha value is -3.64. The third-order valence-electron chi connectivity index (χ3n) is 3.72. The van der Waals surface area contributed by atoms with E-state index in [-0.39, 0.29) is 5.82 Å². The van der Waals surface area contributed by atoms with Crippen LogP contribution in [0.3, 0.4) is 0 Å². The van der Waals surface area contributed by atoms with Gasteiger partial charge in [-0.3, -0.25) is 0 Å². The van der Waals surface area contributed by atoms with Crippen LogP contribution < -0.4 is 5.32 Å². The lowest BCUT2D eigenvalue weighted by atomic mass is 10.1. The van der Waals surface area contributed by atoms with E-state index >= 15 is 0 Å². The van der Waals surface area contributed by atoms with Gasteiger partial charge in [-0.15, -0.1) is 10.2 Å². The van der Waals surface area contributed by atoms with Crippen molar-refractivity contribution in [2.75, 3.05) is 5.32 Å². The zero-order valence-corrected chi connectivity index (χ0v) is 14.4. The Balaban J connectivity index is 1.61. The summed E-state index contributed by atoms with van der Waals surface area (Å²) in [6.45, 7) is 1.99. The molecule has 26 heavy (non-hydrogen) atoms. The van der Waals surface area contributed by atoms with Crippen molar-refractivity contribution in [1.82, 2.24) is 30.6 Å². The summed E-state index contributed by atoms with van der Waals surface area (Å²) in [5.74, 6) is 0.247. The summed E-state index contributed by atoms with van der Waals surface area (Å²) in [5.41, 5.74) is 4.12. The average molecular weight is 360 g/mol. The quantitative estimate of drug-likeness (QED) is 0.537. The first-order valence-corrected chi connectivity index (χ1v) is 8.49. The molecule has 4 aromatic rings. The fraction of sp³-hybridized carbons (Fsp3) is 0.0588. The standard InChI is InChI=1S/C17H12N8S/c1-10-7-11(16-21-14-3-2-6-19-17(14)26-16)4-5-13(10)20-9-12(8-18)15-22-24-25-23-15/h2-7,9,20H,1H3,(H,22,23,24,25). The van der Waals surface area contributed by atoms with E-state index in [1.54, 1.807) is 23.7 Å². The fourth-order valence-corrected chi connectivity index (χ4v) is 3.33. The summed E-state index contributed by atoms with van der Waals surface area (Å²) >= 11 is 1.56. The molecule has 0 saturated carbocycles. The summed E-state index contributed by atoms with van der Waals surface area (Å²) in [5, 5.41) is 26.7. The number of anilines is 1. The lowest BCUT2D eigenvalue weighted by Gasteiger charge is -2.07. The van der Waals surface area contributed by atoms with Crippen LogP contribution in [0.1, 0.15) is 11.4 Å². The number of fused-ring (bicyclic) bond motifs is 1. The van der Waals surface area contributed by atoms with E-state index in [0.29, 0.717) is 5.57 Å². The topological polar surface area (TPSA) is 116 Å². The maximum absolute atomic E-state index is 9.21. The molecule has 0 aliphatic heterocycles. The molecule has 0 aliphatic carbocycles. The average Bonchev–Trinajstić information content (AvgIpc) is 3.33. The Bertz CT molecular complexity index is 1100. The van der Waals surface area contributed by atoms with E-state index in [1.807, 2.05) is 43.3 Å². The zero-order chi connectivity index (χ0) is 17.9. The van der Waals surface area contributed by atoms with Crippen LogP contribution in [0, 0.1) is 18.3 Å². The number of benzene rings is 1. The lowest BCUT2D eigenvalue weighted by molar-refractivity contribution is 0.881. The summed E-state index contributed by atoms with van der Waals surface area (Å²) in [7, 11) is 0. The van der Waals surface area contributed by atoms with Crippen LogP contribution in [0.2, 0.25) is 0 Å². The molecule has 0 saturated heterocycles. The van der Waals surface area contributed by atoms with Gasteiger partial charge >= 0.3 is 0 Å². The van der Waals surface area contributed by atoms with Crippen molar-refractivity contribution < 1.29 is 0 Å². The Morgan fingerprint density at radius 3 is 3.00 bits per heavy atom. The number of nitrogens with zero attached hydrogens (tertiary/aromatic N) is 6. The molecule has 8 nitrogen and oxygen atoms in total. The highest BCUT2D eigenvalue weighted by atomic mass is 32.1. The second-order valence-electron chi connectivity index (χ2n) is 5.43. The molecule has 0 bridgehead atoms. The number of aryl methyl sites for hydroxylation is 1. The predicted molar refractivity (Wildman–Crippen MR) is 99.0 cm³/mol. The zero-order valence-electron chi connectivity index (χ0n) is 13.6. The largest absolute Gasteiger partial charge is 0.360 e. The molecule has 0 spiro atoms. The van der Waals surface area contributed by atoms with Crippen molar-refractivity contribution in [1.29, 1.82) is 5.26 Å². The number of tetrazole rings is 1. The second-order valence-corrected chi connectivity index (χ2v) is 6.40. The fourth-order valence-electron chi connectivity index (χ4n) is 2.42. The van der Waals surface area contributed by atoms with Crippen LogP contribution in [0.25, 0.3) is 26.5 Å². The number of rotatable bonds is 4. The predicted octanol–water partition coefficient (Wildman–Crippen LogP) is 3.16. The van der Waals surface area contributed by atoms with Crippen LogP contribution >= 0.6 is 11.3 Å². The number of nitriles is 1. The molecule has 0 aliphatic rings.